The lowest BCUT2D eigenvalue weighted by atomic mass is 10.0. The molecule has 0 radical (unpaired) electrons. The first kappa shape index (κ1) is 13.1. The largest absolute Gasteiger partial charge is 0.393 e. The Morgan fingerprint density at radius 1 is 1.28 bits per heavy atom. The zero-order valence-electron chi connectivity index (χ0n) is 11.1. The number of rotatable bonds is 3. The molecule has 2 rings (SSSR count). The Labute approximate surface area is 108 Å². The van der Waals surface area contributed by atoms with E-state index in [9.17, 15) is 9.90 Å². The Balaban J connectivity index is 1.95. The lowest BCUT2D eigenvalue weighted by Crippen LogP contribution is -2.32. The second-order valence-corrected chi connectivity index (χ2v) is 5.34. The van der Waals surface area contributed by atoms with Crippen molar-refractivity contribution in [2.75, 3.05) is 6.54 Å². The van der Waals surface area contributed by atoms with Crippen molar-refractivity contribution < 1.29 is 9.90 Å². The lowest BCUT2D eigenvalue weighted by molar-refractivity contribution is 0.0916. The van der Waals surface area contributed by atoms with Crippen LogP contribution in [0, 0.1) is 19.8 Å². The zero-order valence-corrected chi connectivity index (χ0v) is 11.1. The first-order chi connectivity index (χ1) is 8.56. The SMILES string of the molecule is Cc1cc(C)cc(C(=O)NCC2CCCC2O)c1. The fraction of sp³-hybridized carbons (Fsp3) is 0.533. The van der Waals surface area contributed by atoms with Crippen molar-refractivity contribution in [1.29, 1.82) is 0 Å². The minimum Gasteiger partial charge on any atom is -0.393 e. The van der Waals surface area contributed by atoms with Gasteiger partial charge in [-0.05, 0) is 38.8 Å². The van der Waals surface area contributed by atoms with Gasteiger partial charge in [-0.15, -0.1) is 0 Å². The van der Waals surface area contributed by atoms with Gasteiger partial charge in [0, 0.05) is 18.0 Å². The van der Waals surface area contributed by atoms with Crippen molar-refractivity contribution in [1.82, 2.24) is 5.32 Å². The third-order valence-electron chi connectivity index (χ3n) is 3.63. The van der Waals surface area contributed by atoms with Crippen molar-refractivity contribution in [2.45, 2.75) is 39.2 Å². The predicted molar refractivity (Wildman–Crippen MR) is 71.6 cm³/mol. The molecule has 0 spiro atoms. The van der Waals surface area contributed by atoms with Crippen LogP contribution in [-0.4, -0.2) is 23.7 Å². The van der Waals surface area contributed by atoms with E-state index in [-0.39, 0.29) is 17.9 Å². The Kier molecular flexibility index (Phi) is 4.02. The van der Waals surface area contributed by atoms with Gasteiger partial charge >= 0.3 is 0 Å². The molecular weight excluding hydrogens is 226 g/mol. The Morgan fingerprint density at radius 2 is 1.94 bits per heavy atom. The highest BCUT2D eigenvalue weighted by molar-refractivity contribution is 5.94. The van der Waals surface area contributed by atoms with Crippen molar-refractivity contribution in [3.63, 3.8) is 0 Å². The maximum Gasteiger partial charge on any atom is 0.251 e. The van der Waals surface area contributed by atoms with E-state index in [2.05, 4.69) is 11.4 Å². The second-order valence-electron chi connectivity index (χ2n) is 5.34. The molecule has 1 aromatic rings. The normalized spacial score (nSPS) is 23.1. The van der Waals surface area contributed by atoms with Crippen LogP contribution >= 0.6 is 0 Å². The third-order valence-corrected chi connectivity index (χ3v) is 3.63. The summed E-state index contributed by atoms with van der Waals surface area (Å²) in [6.07, 6.45) is 2.69. The molecule has 18 heavy (non-hydrogen) atoms. The standard InChI is InChI=1S/C15H21NO2/c1-10-6-11(2)8-13(7-10)15(18)16-9-12-4-3-5-14(12)17/h6-8,12,14,17H,3-5,9H2,1-2H3,(H,16,18). The number of benzene rings is 1. The molecule has 1 aliphatic carbocycles. The lowest BCUT2D eigenvalue weighted by Gasteiger charge is -2.15. The smallest absolute Gasteiger partial charge is 0.251 e. The van der Waals surface area contributed by atoms with E-state index in [1.807, 2.05) is 26.0 Å². The molecule has 2 N–H and O–H groups in total. The second kappa shape index (κ2) is 5.53. The molecule has 98 valence electrons. The minimum atomic E-state index is -0.246. The van der Waals surface area contributed by atoms with Gasteiger partial charge in [-0.3, -0.25) is 4.79 Å². The summed E-state index contributed by atoms with van der Waals surface area (Å²) in [6, 6.07) is 5.85. The molecule has 3 nitrogen and oxygen atoms in total. The van der Waals surface area contributed by atoms with Gasteiger partial charge in [0.15, 0.2) is 0 Å². The van der Waals surface area contributed by atoms with Crippen molar-refractivity contribution in [3.8, 4) is 0 Å². The van der Waals surface area contributed by atoms with Crippen LogP contribution in [0.5, 0.6) is 0 Å². The van der Waals surface area contributed by atoms with Crippen molar-refractivity contribution >= 4 is 5.91 Å². The summed E-state index contributed by atoms with van der Waals surface area (Å²) in [5, 5.41) is 12.6. The Morgan fingerprint density at radius 3 is 2.50 bits per heavy atom. The van der Waals surface area contributed by atoms with Gasteiger partial charge in [-0.1, -0.05) is 23.6 Å². The summed E-state index contributed by atoms with van der Waals surface area (Å²) in [5.41, 5.74) is 2.90. The van der Waals surface area contributed by atoms with Crippen LogP contribution in [0.4, 0.5) is 0 Å². The molecule has 1 saturated carbocycles. The zero-order chi connectivity index (χ0) is 13.1. The molecule has 2 atom stereocenters. The molecule has 0 saturated heterocycles. The summed E-state index contributed by atoms with van der Waals surface area (Å²) in [5.74, 6) is 0.181. The number of aliphatic hydroxyl groups is 1. The molecule has 0 aliphatic heterocycles. The summed E-state index contributed by atoms with van der Waals surface area (Å²) in [6.45, 7) is 4.56. The quantitative estimate of drug-likeness (QED) is 0.860. The van der Waals surface area contributed by atoms with Crippen LogP contribution in [0.3, 0.4) is 0 Å². The van der Waals surface area contributed by atoms with E-state index in [1.165, 1.54) is 0 Å². The number of hydrogen-bond donors (Lipinski definition) is 2. The van der Waals surface area contributed by atoms with Gasteiger partial charge in [0.2, 0.25) is 0 Å². The summed E-state index contributed by atoms with van der Waals surface area (Å²) < 4.78 is 0. The molecule has 0 bridgehead atoms. The average Bonchev–Trinajstić information content (AvgIpc) is 2.70. The maximum atomic E-state index is 12.0. The van der Waals surface area contributed by atoms with Gasteiger partial charge in [-0.2, -0.15) is 0 Å². The van der Waals surface area contributed by atoms with E-state index in [0.29, 0.717) is 12.1 Å². The maximum absolute atomic E-state index is 12.0. The monoisotopic (exact) mass is 247 g/mol. The molecule has 3 heteroatoms. The van der Waals surface area contributed by atoms with E-state index >= 15 is 0 Å². The van der Waals surface area contributed by atoms with E-state index in [4.69, 9.17) is 0 Å². The van der Waals surface area contributed by atoms with E-state index < -0.39 is 0 Å². The van der Waals surface area contributed by atoms with Gasteiger partial charge in [0.05, 0.1) is 6.10 Å². The summed E-state index contributed by atoms with van der Waals surface area (Å²) >= 11 is 0. The predicted octanol–water partition coefficient (Wildman–Crippen LogP) is 2.19. The number of amides is 1. The topological polar surface area (TPSA) is 49.3 Å². The number of aryl methyl sites for hydroxylation is 2. The number of aliphatic hydroxyl groups excluding tert-OH is 1. The summed E-state index contributed by atoms with van der Waals surface area (Å²) in [7, 11) is 0. The Bertz CT molecular complexity index is 422. The summed E-state index contributed by atoms with van der Waals surface area (Å²) in [4.78, 5) is 12.0. The molecule has 0 heterocycles. The highest BCUT2D eigenvalue weighted by Gasteiger charge is 2.25. The first-order valence-electron chi connectivity index (χ1n) is 6.61. The van der Waals surface area contributed by atoms with Gasteiger partial charge in [0.25, 0.3) is 5.91 Å². The molecule has 0 aromatic heterocycles. The van der Waals surface area contributed by atoms with Crippen LogP contribution in [0.25, 0.3) is 0 Å². The van der Waals surface area contributed by atoms with Gasteiger partial charge in [0.1, 0.15) is 0 Å². The van der Waals surface area contributed by atoms with Crippen LogP contribution in [0.1, 0.15) is 40.7 Å². The number of carbonyl (C=O) groups is 1. The van der Waals surface area contributed by atoms with Crippen LogP contribution in [0.15, 0.2) is 18.2 Å². The fourth-order valence-electron chi connectivity index (χ4n) is 2.69. The molecule has 1 aromatic carbocycles. The first-order valence-corrected chi connectivity index (χ1v) is 6.61. The van der Waals surface area contributed by atoms with Crippen molar-refractivity contribution in [2.24, 2.45) is 5.92 Å². The average molecular weight is 247 g/mol. The Hall–Kier alpha value is -1.35. The fourth-order valence-corrected chi connectivity index (χ4v) is 2.69. The van der Waals surface area contributed by atoms with Crippen LogP contribution < -0.4 is 5.32 Å². The van der Waals surface area contributed by atoms with Crippen LogP contribution in [-0.2, 0) is 0 Å². The molecular formula is C15H21NO2. The number of hydrogen-bond acceptors (Lipinski definition) is 2. The van der Waals surface area contributed by atoms with Crippen LogP contribution in [0.2, 0.25) is 0 Å². The van der Waals surface area contributed by atoms with Crippen molar-refractivity contribution in [3.05, 3.63) is 34.9 Å². The highest BCUT2D eigenvalue weighted by Crippen LogP contribution is 2.24. The number of carbonyl (C=O) groups excluding carboxylic acids is 1. The minimum absolute atomic E-state index is 0.0408. The molecule has 1 fully saturated rings. The van der Waals surface area contributed by atoms with E-state index in [1.54, 1.807) is 0 Å². The number of nitrogens with one attached hydrogen (secondary N) is 1. The molecule has 1 amide bonds. The molecule has 2 unspecified atom stereocenters. The van der Waals surface area contributed by atoms with Gasteiger partial charge < -0.3 is 10.4 Å². The molecule has 1 aliphatic rings. The highest BCUT2D eigenvalue weighted by atomic mass is 16.3. The van der Waals surface area contributed by atoms with E-state index in [0.717, 1.165) is 30.4 Å². The third kappa shape index (κ3) is 3.10. The van der Waals surface area contributed by atoms with Gasteiger partial charge in [-0.25, -0.2) is 0 Å².